The van der Waals surface area contributed by atoms with Crippen LogP contribution >= 0.6 is 0 Å². The monoisotopic (exact) mass is 348 g/mol. The zero-order valence-corrected chi connectivity index (χ0v) is 14.6. The van der Waals surface area contributed by atoms with Crippen molar-refractivity contribution >= 4 is 28.1 Å². The number of benzene rings is 3. The highest BCUT2D eigenvalue weighted by atomic mass is 19.1. The van der Waals surface area contributed by atoms with E-state index in [0.29, 0.717) is 17.8 Å². The molecule has 0 saturated heterocycles. The van der Waals surface area contributed by atoms with Gasteiger partial charge in [0.2, 0.25) is 5.91 Å². The molecule has 0 spiro atoms. The van der Waals surface area contributed by atoms with E-state index >= 15 is 0 Å². The molecular weight excluding hydrogens is 327 g/mol. The molecule has 132 valence electrons. The summed E-state index contributed by atoms with van der Waals surface area (Å²) in [5.41, 5.74) is 2.07. The summed E-state index contributed by atoms with van der Waals surface area (Å²) in [4.78, 5) is 12.1. The van der Waals surface area contributed by atoms with Crippen LogP contribution in [-0.2, 0) is 4.79 Å². The number of halogens is 1. The first-order valence-corrected chi connectivity index (χ1v) is 8.61. The lowest BCUT2D eigenvalue weighted by Crippen LogP contribution is -2.17. The lowest BCUT2D eigenvalue weighted by molar-refractivity contribution is -0.115. The van der Waals surface area contributed by atoms with Gasteiger partial charge in [0, 0.05) is 11.4 Å². The van der Waals surface area contributed by atoms with Crippen LogP contribution in [0.1, 0.15) is 31.2 Å². The van der Waals surface area contributed by atoms with Crippen molar-refractivity contribution in [2.24, 2.45) is 0 Å². The van der Waals surface area contributed by atoms with Crippen molar-refractivity contribution in [2.75, 3.05) is 5.32 Å². The minimum Gasteiger partial charge on any atom is -0.326 e. The summed E-state index contributed by atoms with van der Waals surface area (Å²) < 4.78 is 12.9. The van der Waals surface area contributed by atoms with Crippen LogP contribution in [-0.4, -0.2) is 11.6 Å². The highest BCUT2D eigenvalue weighted by molar-refractivity contribution is 6.05. The van der Waals surface area contributed by atoms with E-state index in [1.807, 2.05) is 12.1 Å². The number of anilines is 1. The molecule has 1 unspecified atom stereocenters. The van der Waals surface area contributed by atoms with E-state index in [-0.39, 0.29) is 24.1 Å². The predicted octanol–water partition coefficient (Wildman–Crippen LogP) is 5.52. The van der Waals surface area contributed by atoms with Gasteiger partial charge in [-0.1, -0.05) is 49.4 Å². The Kier molecular flexibility index (Phi) is 5.42. The first kappa shape index (κ1) is 17.8. The number of fused-ring (bicyclic) bond motifs is 1. The molecule has 3 aromatic rings. The normalized spacial score (nSPS) is 11.9. The van der Waals surface area contributed by atoms with Gasteiger partial charge in [-0.25, -0.2) is 4.39 Å². The van der Waals surface area contributed by atoms with Crippen LogP contribution in [0.3, 0.4) is 0 Å². The molecule has 1 atom stereocenters. The first-order chi connectivity index (χ1) is 12.5. The molecule has 0 saturated carbocycles. The van der Waals surface area contributed by atoms with Crippen LogP contribution in [0.2, 0.25) is 0 Å². The van der Waals surface area contributed by atoms with Crippen LogP contribution in [0.15, 0.2) is 66.7 Å². The van der Waals surface area contributed by atoms with Crippen molar-refractivity contribution in [2.45, 2.75) is 25.7 Å². The molecule has 1 amide bonds. The number of carbonyl (C=O) groups excluding carboxylic acids is 1. The van der Waals surface area contributed by atoms with E-state index in [1.54, 1.807) is 0 Å². The molecule has 26 heavy (non-hydrogen) atoms. The fourth-order valence-electron chi connectivity index (χ4n) is 3.01. The summed E-state index contributed by atoms with van der Waals surface area (Å²) in [6.45, 7) is 2.07. The van der Waals surface area contributed by atoms with Crippen molar-refractivity contribution in [1.29, 1.82) is 5.41 Å². The van der Waals surface area contributed by atoms with E-state index < -0.39 is 0 Å². The Morgan fingerprint density at radius 1 is 1.04 bits per heavy atom. The van der Waals surface area contributed by atoms with Gasteiger partial charge in [0.15, 0.2) is 0 Å². The smallest absolute Gasteiger partial charge is 0.230 e. The fraction of sp³-hybridized carbons (Fsp3) is 0.182. The molecule has 3 rings (SSSR count). The fourth-order valence-corrected chi connectivity index (χ4v) is 3.01. The maximum absolute atomic E-state index is 12.9. The highest BCUT2D eigenvalue weighted by Gasteiger charge is 2.13. The van der Waals surface area contributed by atoms with E-state index in [2.05, 4.69) is 42.6 Å². The van der Waals surface area contributed by atoms with Gasteiger partial charge in [0.05, 0.1) is 6.42 Å². The van der Waals surface area contributed by atoms with Gasteiger partial charge in [0.1, 0.15) is 5.82 Å². The Morgan fingerprint density at radius 2 is 1.73 bits per heavy atom. The van der Waals surface area contributed by atoms with Crippen LogP contribution in [0.4, 0.5) is 10.1 Å². The molecular formula is C22H21FN2O. The third-order valence-electron chi connectivity index (χ3n) is 4.40. The lowest BCUT2D eigenvalue weighted by Gasteiger charge is -2.14. The van der Waals surface area contributed by atoms with Crippen molar-refractivity contribution in [3.05, 3.63) is 78.1 Å². The molecule has 2 N–H and O–H groups in total. The molecule has 0 fully saturated rings. The van der Waals surface area contributed by atoms with E-state index in [9.17, 15) is 9.18 Å². The van der Waals surface area contributed by atoms with Crippen molar-refractivity contribution in [1.82, 2.24) is 0 Å². The van der Waals surface area contributed by atoms with Gasteiger partial charge in [-0.15, -0.1) is 0 Å². The summed E-state index contributed by atoms with van der Waals surface area (Å²) in [5.74, 6) is -0.446. The Morgan fingerprint density at radius 3 is 2.46 bits per heavy atom. The summed E-state index contributed by atoms with van der Waals surface area (Å²) in [5, 5.41) is 13.2. The molecule has 4 heteroatoms. The Balaban J connectivity index is 1.57. The van der Waals surface area contributed by atoms with Crippen LogP contribution < -0.4 is 5.32 Å². The largest absolute Gasteiger partial charge is 0.326 e. The average molecular weight is 348 g/mol. The van der Waals surface area contributed by atoms with Crippen molar-refractivity contribution in [3.63, 3.8) is 0 Å². The number of hydrogen-bond donors (Lipinski definition) is 2. The minimum absolute atomic E-state index is 0.0370. The maximum Gasteiger partial charge on any atom is 0.230 e. The zero-order valence-electron chi connectivity index (χ0n) is 14.6. The third-order valence-corrected chi connectivity index (χ3v) is 4.40. The Hall–Kier alpha value is -3.01. The number of nitrogens with one attached hydrogen (secondary N) is 2. The number of carbonyl (C=O) groups is 1. The molecule has 0 bridgehead atoms. The molecule has 0 aromatic heterocycles. The molecule has 0 aliphatic rings. The predicted molar refractivity (Wildman–Crippen MR) is 104 cm³/mol. The molecule has 3 aromatic carbocycles. The van der Waals surface area contributed by atoms with Gasteiger partial charge in [0.25, 0.3) is 0 Å². The minimum atomic E-state index is -0.347. The first-order valence-electron chi connectivity index (χ1n) is 8.61. The number of rotatable bonds is 6. The summed E-state index contributed by atoms with van der Waals surface area (Å²) >= 11 is 0. The van der Waals surface area contributed by atoms with Gasteiger partial charge < -0.3 is 10.7 Å². The molecule has 0 aliphatic carbocycles. The summed E-state index contributed by atoms with van der Waals surface area (Å²) in [6.07, 6.45) is 0.560. The van der Waals surface area contributed by atoms with Gasteiger partial charge >= 0.3 is 0 Å². The maximum atomic E-state index is 12.9. The molecule has 0 heterocycles. The van der Waals surface area contributed by atoms with Crippen molar-refractivity contribution in [3.8, 4) is 0 Å². The highest BCUT2D eigenvalue weighted by Crippen LogP contribution is 2.24. The SMILES string of the molecule is CC(CC(=N)CC(=O)Nc1ccc(F)cc1)c1ccc2ccccc2c1. The zero-order chi connectivity index (χ0) is 18.5. The van der Waals surface area contributed by atoms with E-state index in [1.165, 1.54) is 35.0 Å². The van der Waals surface area contributed by atoms with Crippen LogP contribution in [0.5, 0.6) is 0 Å². The van der Waals surface area contributed by atoms with Crippen molar-refractivity contribution < 1.29 is 9.18 Å². The van der Waals surface area contributed by atoms with E-state index in [0.717, 1.165) is 5.56 Å². The lowest BCUT2D eigenvalue weighted by atomic mass is 9.92. The van der Waals surface area contributed by atoms with Crippen LogP contribution in [0.25, 0.3) is 10.8 Å². The number of amides is 1. The quantitative estimate of drug-likeness (QED) is 0.566. The van der Waals surface area contributed by atoms with Crippen LogP contribution in [0, 0.1) is 11.2 Å². The van der Waals surface area contributed by atoms with Gasteiger partial charge in [-0.05, 0) is 52.9 Å². The molecule has 0 radical (unpaired) electrons. The number of hydrogen-bond acceptors (Lipinski definition) is 2. The summed E-state index contributed by atoms with van der Waals surface area (Å²) in [7, 11) is 0. The van der Waals surface area contributed by atoms with Gasteiger partial charge in [-0.2, -0.15) is 0 Å². The Bertz CT molecular complexity index is 934. The molecule has 0 aliphatic heterocycles. The van der Waals surface area contributed by atoms with Gasteiger partial charge in [-0.3, -0.25) is 4.79 Å². The van der Waals surface area contributed by atoms with E-state index in [4.69, 9.17) is 5.41 Å². The second-order valence-corrected chi connectivity index (χ2v) is 6.55. The third kappa shape index (κ3) is 4.54. The second kappa shape index (κ2) is 7.91. The topological polar surface area (TPSA) is 53.0 Å². The molecule has 3 nitrogen and oxygen atoms in total. The summed E-state index contributed by atoms with van der Waals surface area (Å²) in [6, 6.07) is 20.1. The average Bonchev–Trinajstić information content (AvgIpc) is 2.63. The Labute approximate surface area is 152 Å². The second-order valence-electron chi connectivity index (χ2n) is 6.55. The standard InChI is InChI=1S/C22H21FN2O/c1-15(17-7-6-16-4-2-3-5-18(16)13-17)12-20(24)14-22(26)25-21-10-8-19(23)9-11-21/h2-11,13,15,24H,12,14H2,1H3,(H,25,26).